The third-order valence-electron chi connectivity index (χ3n) is 3.53. The van der Waals surface area contributed by atoms with E-state index in [0.29, 0.717) is 19.1 Å². The largest absolute Gasteiger partial charge is 0.486 e. The highest BCUT2D eigenvalue weighted by Crippen LogP contribution is 2.34. The van der Waals surface area contributed by atoms with Gasteiger partial charge in [0.15, 0.2) is 11.5 Å². The van der Waals surface area contributed by atoms with Gasteiger partial charge in [0.2, 0.25) is 0 Å². The molecule has 3 aromatic rings. The number of aromatic nitrogens is 2. The molecule has 0 saturated heterocycles. The van der Waals surface area contributed by atoms with Crippen molar-refractivity contribution in [2.45, 2.75) is 5.88 Å². The summed E-state index contributed by atoms with van der Waals surface area (Å²) in [6.45, 7) is 1.16. The van der Waals surface area contributed by atoms with Crippen LogP contribution in [0.5, 0.6) is 11.5 Å². The predicted octanol–water partition coefficient (Wildman–Crippen LogP) is 3.74. The molecular weight excluding hydrogens is 288 g/mol. The molecule has 2 heterocycles. The number of aromatic amines is 1. The summed E-state index contributed by atoms with van der Waals surface area (Å²) in [4.78, 5) is 7.94. The molecule has 1 N–H and O–H groups in total. The van der Waals surface area contributed by atoms with Crippen molar-refractivity contribution in [1.82, 2.24) is 9.97 Å². The highest BCUT2D eigenvalue weighted by Gasteiger charge is 2.15. The molecule has 0 fully saturated rings. The Labute approximate surface area is 126 Å². The summed E-state index contributed by atoms with van der Waals surface area (Å²) in [6.07, 6.45) is 0. The SMILES string of the molecule is ClCc1ccc(-c2nc3cc4c(cc3[nH]2)OCCO4)cc1. The number of imidazole rings is 1. The number of hydrogen-bond acceptors (Lipinski definition) is 3. The number of benzene rings is 2. The lowest BCUT2D eigenvalue weighted by atomic mass is 10.1. The van der Waals surface area contributed by atoms with Crippen LogP contribution in [0.3, 0.4) is 0 Å². The van der Waals surface area contributed by atoms with Gasteiger partial charge in [0.1, 0.15) is 19.0 Å². The smallest absolute Gasteiger partial charge is 0.163 e. The Morgan fingerprint density at radius 3 is 2.48 bits per heavy atom. The van der Waals surface area contributed by atoms with Crippen molar-refractivity contribution >= 4 is 22.6 Å². The maximum absolute atomic E-state index is 5.81. The van der Waals surface area contributed by atoms with E-state index in [2.05, 4.69) is 9.97 Å². The minimum absolute atomic E-state index is 0.516. The van der Waals surface area contributed by atoms with Crippen LogP contribution in [0.1, 0.15) is 5.56 Å². The first kappa shape index (κ1) is 12.5. The predicted molar refractivity (Wildman–Crippen MR) is 82.1 cm³/mol. The number of nitrogens with one attached hydrogen (secondary N) is 1. The second-order valence-corrected chi connectivity index (χ2v) is 5.20. The first-order valence-electron chi connectivity index (χ1n) is 6.78. The second-order valence-electron chi connectivity index (χ2n) is 4.93. The third-order valence-corrected chi connectivity index (χ3v) is 3.84. The van der Waals surface area contributed by atoms with Crippen LogP contribution in [0.25, 0.3) is 22.4 Å². The first-order chi connectivity index (χ1) is 10.3. The molecule has 106 valence electrons. The minimum atomic E-state index is 0.516. The first-order valence-corrected chi connectivity index (χ1v) is 7.31. The Morgan fingerprint density at radius 1 is 1.05 bits per heavy atom. The summed E-state index contributed by atoms with van der Waals surface area (Å²) in [5.41, 5.74) is 3.93. The van der Waals surface area contributed by atoms with Gasteiger partial charge in [0, 0.05) is 23.6 Å². The maximum Gasteiger partial charge on any atom is 0.163 e. The van der Waals surface area contributed by atoms with E-state index in [0.717, 1.165) is 39.5 Å². The van der Waals surface area contributed by atoms with Gasteiger partial charge in [-0.1, -0.05) is 24.3 Å². The van der Waals surface area contributed by atoms with Crippen molar-refractivity contribution in [3.05, 3.63) is 42.0 Å². The zero-order chi connectivity index (χ0) is 14.2. The van der Waals surface area contributed by atoms with Crippen LogP contribution in [0.4, 0.5) is 0 Å². The molecule has 0 atom stereocenters. The van der Waals surface area contributed by atoms with Crippen LogP contribution in [0.15, 0.2) is 36.4 Å². The van der Waals surface area contributed by atoms with Gasteiger partial charge in [0.05, 0.1) is 11.0 Å². The van der Waals surface area contributed by atoms with E-state index in [9.17, 15) is 0 Å². The van der Waals surface area contributed by atoms with E-state index in [1.807, 2.05) is 36.4 Å². The number of hydrogen-bond donors (Lipinski definition) is 1. The van der Waals surface area contributed by atoms with Crippen molar-refractivity contribution in [3.63, 3.8) is 0 Å². The zero-order valence-electron chi connectivity index (χ0n) is 11.2. The Kier molecular flexibility index (Phi) is 2.97. The van der Waals surface area contributed by atoms with Gasteiger partial charge < -0.3 is 14.5 Å². The fourth-order valence-electron chi connectivity index (χ4n) is 2.44. The third kappa shape index (κ3) is 2.21. The summed E-state index contributed by atoms with van der Waals surface area (Å²) >= 11 is 5.81. The molecule has 4 nitrogen and oxygen atoms in total. The Morgan fingerprint density at radius 2 is 1.76 bits per heavy atom. The molecule has 0 unspecified atom stereocenters. The molecular formula is C16H13ClN2O2. The van der Waals surface area contributed by atoms with Gasteiger partial charge >= 0.3 is 0 Å². The summed E-state index contributed by atoms with van der Waals surface area (Å²) in [5.74, 6) is 2.86. The monoisotopic (exact) mass is 300 g/mol. The molecule has 0 bridgehead atoms. The minimum Gasteiger partial charge on any atom is -0.486 e. The van der Waals surface area contributed by atoms with Crippen molar-refractivity contribution in [1.29, 1.82) is 0 Å². The lowest BCUT2D eigenvalue weighted by Crippen LogP contribution is -2.15. The van der Waals surface area contributed by atoms with Gasteiger partial charge in [-0.25, -0.2) is 4.98 Å². The summed E-state index contributed by atoms with van der Waals surface area (Å²) in [5, 5.41) is 0. The Hall–Kier alpha value is -2.20. The highest BCUT2D eigenvalue weighted by atomic mass is 35.5. The lowest BCUT2D eigenvalue weighted by Gasteiger charge is -2.17. The van der Waals surface area contributed by atoms with Crippen LogP contribution >= 0.6 is 11.6 Å². The van der Waals surface area contributed by atoms with Gasteiger partial charge in [-0.3, -0.25) is 0 Å². The average Bonchev–Trinajstić information content (AvgIpc) is 2.95. The highest BCUT2D eigenvalue weighted by molar-refractivity contribution is 6.17. The van der Waals surface area contributed by atoms with E-state index < -0.39 is 0 Å². The quantitative estimate of drug-likeness (QED) is 0.733. The number of fused-ring (bicyclic) bond motifs is 2. The zero-order valence-corrected chi connectivity index (χ0v) is 12.0. The number of alkyl halides is 1. The number of H-pyrrole nitrogens is 1. The van der Waals surface area contributed by atoms with Crippen molar-refractivity contribution in [3.8, 4) is 22.9 Å². The molecule has 1 aliphatic rings. The van der Waals surface area contributed by atoms with Gasteiger partial charge in [-0.2, -0.15) is 0 Å². The van der Waals surface area contributed by atoms with E-state index in [4.69, 9.17) is 21.1 Å². The molecule has 4 rings (SSSR count). The van der Waals surface area contributed by atoms with Gasteiger partial charge in [-0.15, -0.1) is 11.6 Å². The Balaban J connectivity index is 1.78. The van der Waals surface area contributed by atoms with Crippen LogP contribution in [-0.2, 0) is 5.88 Å². The standard InChI is InChI=1S/C16H13ClN2O2/c17-9-10-1-3-11(4-2-10)16-18-12-7-14-15(8-13(12)19-16)21-6-5-20-14/h1-4,7-8H,5-6,9H2,(H,18,19). The molecule has 21 heavy (non-hydrogen) atoms. The van der Waals surface area contributed by atoms with Crippen LogP contribution in [0, 0.1) is 0 Å². The molecule has 0 radical (unpaired) electrons. The number of ether oxygens (including phenoxy) is 2. The lowest BCUT2D eigenvalue weighted by molar-refractivity contribution is 0.172. The molecule has 1 aliphatic heterocycles. The molecule has 5 heteroatoms. The summed E-state index contributed by atoms with van der Waals surface area (Å²) < 4.78 is 11.2. The van der Waals surface area contributed by atoms with E-state index in [-0.39, 0.29) is 0 Å². The van der Waals surface area contributed by atoms with E-state index in [1.165, 1.54) is 0 Å². The van der Waals surface area contributed by atoms with Crippen molar-refractivity contribution < 1.29 is 9.47 Å². The molecule has 0 spiro atoms. The van der Waals surface area contributed by atoms with Crippen LogP contribution < -0.4 is 9.47 Å². The number of nitrogens with zero attached hydrogens (tertiary/aromatic N) is 1. The molecule has 1 aromatic heterocycles. The number of rotatable bonds is 2. The van der Waals surface area contributed by atoms with Gasteiger partial charge in [0.25, 0.3) is 0 Å². The maximum atomic E-state index is 5.81. The van der Waals surface area contributed by atoms with Crippen LogP contribution in [-0.4, -0.2) is 23.2 Å². The fourth-order valence-corrected chi connectivity index (χ4v) is 2.61. The number of halogens is 1. The molecule has 0 aliphatic carbocycles. The second kappa shape index (κ2) is 4.97. The Bertz CT molecular complexity index is 753. The molecule has 0 amide bonds. The van der Waals surface area contributed by atoms with E-state index in [1.54, 1.807) is 0 Å². The van der Waals surface area contributed by atoms with Gasteiger partial charge in [-0.05, 0) is 5.56 Å². The van der Waals surface area contributed by atoms with Crippen LogP contribution in [0.2, 0.25) is 0 Å². The van der Waals surface area contributed by atoms with E-state index >= 15 is 0 Å². The normalized spacial score (nSPS) is 13.6. The topological polar surface area (TPSA) is 47.1 Å². The molecule has 0 saturated carbocycles. The van der Waals surface area contributed by atoms with Crippen molar-refractivity contribution in [2.75, 3.05) is 13.2 Å². The van der Waals surface area contributed by atoms with Crippen molar-refractivity contribution in [2.24, 2.45) is 0 Å². The molecule has 2 aromatic carbocycles. The fraction of sp³-hybridized carbons (Fsp3) is 0.188. The summed E-state index contributed by atoms with van der Waals surface area (Å²) in [6, 6.07) is 11.9. The summed E-state index contributed by atoms with van der Waals surface area (Å²) in [7, 11) is 0. The average molecular weight is 301 g/mol.